The van der Waals surface area contributed by atoms with Crippen LogP contribution in [0.25, 0.3) is 0 Å². The Hall–Kier alpha value is -3.63. The fourth-order valence-corrected chi connectivity index (χ4v) is 4.07. The molecule has 0 saturated heterocycles. The second-order valence-electron chi connectivity index (χ2n) is 10.7. The molecule has 0 heterocycles. The summed E-state index contributed by atoms with van der Waals surface area (Å²) in [6.45, 7) is 12.9. The predicted octanol–water partition coefficient (Wildman–Crippen LogP) is 3.20. The lowest BCUT2D eigenvalue weighted by molar-refractivity contribution is -0.144. The monoisotopic (exact) mass is 562 g/mol. The van der Waals surface area contributed by atoms with Crippen LogP contribution in [-0.4, -0.2) is 66.0 Å². The lowest BCUT2D eigenvalue weighted by Crippen LogP contribution is -2.54. The molecule has 1 aromatic rings. The molecular weight excluding hydrogens is 516 g/mol. The highest BCUT2D eigenvalue weighted by Gasteiger charge is 2.37. The number of unbranched alkanes of at least 4 members (excludes halogenated alkanes) is 2. The van der Waals surface area contributed by atoms with Crippen molar-refractivity contribution in [1.82, 2.24) is 15.5 Å². The number of esters is 1. The van der Waals surface area contributed by atoms with Gasteiger partial charge in [0.2, 0.25) is 17.7 Å². The van der Waals surface area contributed by atoms with Crippen molar-refractivity contribution in [3.63, 3.8) is 0 Å². The summed E-state index contributed by atoms with van der Waals surface area (Å²) in [6.07, 6.45) is 0.828. The smallest absolute Gasteiger partial charge is 0.408 e. The van der Waals surface area contributed by atoms with Gasteiger partial charge >= 0.3 is 12.1 Å². The predicted molar refractivity (Wildman–Crippen MR) is 151 cm³/mol. The van der Waals surface area contributed by atoms with E-state index in [0.717, 1.165) is 24.0 Å². The summed E-state index contributed by atoms with van der Waals surface area (Å²) >= 11 is 0. The fraction of sp³-hybridized carbons (Fsp3) is 0.621. The number of benzene rings is 1. The topological polar surface area (TPSA) is 157 Å². The summed E-state index contributed by atoms with van der Waals surface area (Å²) in [7, 11) is 0. The molecule has 0 fully saturated rings. The lowest BCUT2D eigenvalue weighted by atomic mass is 9.95. The minimum Gasteiger partial charge on any atom is -0.466 e. The molecular formula is C29H46N4O7. The van der Waals surface area contributed by atoms with Gasteiger partial charge < -0.3 is 30.7 Å². The number of hydrogen-bond acceptors (Lipinski definition) is 7. The first kappa shape index (κ1) is 34.4. The summed E-state index contributed by atoms with van der Waals surface area (Å²) in [6, 6.07) is 3.14. The highest BCUT2D eigenvalue weighted by molar-refractivity contribution is 5.94. The zero-order chi connectivity index (χ0) is 30.5. The molecule has 0 spiro atoms. The molecule has 1 rings (SSSR count). The first-order chi connectivity index (χ1) is 18.7. The van der Waals surface area contributed by atoms with Crippen LogP contribution in [0.3, 0.4) is 0 Å². The van der Waals surface area contributed by atoms with Gasteiger partial charge in [-0.3, -0.25) is 19.2 Å². The Kier molecular flexibility index (Phi) is 14.2. The Labute approximate surface area is 237 Å². The van der Waals surface area contributed by atoms with Crippen molar-refractivity contribution in [1.29, 1.82) is 0 Å². The Morgan fingerprint density at radius 1 is 1.05 bits per heavy atom. The standard InChI is InChI=1S/C29H46N4O7/c1-8-10-11-16-33(27(37)22(18-23(30)34)32-28(38)40-29(5,6)7)25(21-17-19(3)12-13-20(21)4)26(36)31-15-14-24(35)39-9-2/h12-13,17,22,25H,8-11,14-16,18H2,1-7H3,(H2,30,34)(H,31,36)(H,32,38). The van der Waals surface area contributed by atoms with E-state index < -0.39 is 53.9 Å². The van der Waals surface area contributed by atoms with Crippen molar-refractivity contribution in [3.05, 3.63) is 34.9 Å². The van der Waals surface area contributed by atoms with Crippen LogP contribution in [0.1, 0.15) is 89.5 Å². The van der Waals surface area contributed by atoms with E-state index in [2.05, 4.69) is 10.6 Å². The van der Waals surface area contributed by atoms with Crippen molar-refractivity contribution in [2.45, 2.75) is 98.3 Å². The van der Waals surface area contributed by atoms with Crippen LogP contribution in [-0.2, 0) is 28.7 Å². The Morgan fingerprint density at radius 3 is 2.30 bits per heavy atom. The maximum Gasteiger partial charge on any atom is 0.408 e. The number of ether oxygens (including phenoxy) is 2. The number of amides is 4. The molecule has 4 amide bonds. The van der Waals surface area contributed by atoms with Crippen LogP contribution in [0.15, 0.2) is 18.2 Å². The van der Waals surface area contributed by atoms with Crippen molar-refractivity contribution >= 4 is 29.8 Å². The third-order valence-corrected chi connectivity index (χ3v) is 5.90. The van der Waals surface area contributed by atoms with E-state index in [1.807, 2.05) is 39.0 Å². The van der Waals surface area contributed by atoms with Gasteiger partial charge in [-0.1, -0.05) is 43.5 Å². The third-order valence-electron chi connectivity index (χ3n) is 5.90. The largest absolute Gasteiger partial charge is 0.466 e. The number of primary amides is 1. The van der Waals surface area contributed by atoms with Crippen LogP contribution in [0.4, 0.5) is 4.79 Å². The molecule has 0 aliphatic heterocycles. The van der Waals surface area contributed by atoms with Gasteiger partial charge in [0.15, 0.2) is 0 Å². The van der Waals surface area contributed by atoms with Crippen molar-refractivity contribution in [2.75, 3.05) is 19.7 Å². The van der Waals surface area contributed by atoms with Crippen LogP contribution >= 0.6 is 0 Å². The van der Waals surface area contributed by atoms with Gasteiger partial charge in [0.1, 0.15) is 17.7 Å². The summed E-state index contributed by atoms with van der Waals surface area (Å²) in [5, 5.41) is 5.23. The van der Waals surface area contributed by atoms with E-state index >= 15 is 0 Å². The summed E-state index contributed by atoms with van der Waals surface area (Å²) in [5.41, 5.74) is 6.85. The number of nitrogens with one attached hydrogen (secondary N) is 2. The maximum atomic E-state index is 14.1. The van der Waals surface area contributed by atoms with Crippen LogP contribution < -0.4 is 16.4 Å². The molecule has 0 aliphatic rings. The number of nitrogens with zero attached hydrogens (tertiary/aromatic N) is 1. The third kappa shape index (κ3) is 12.0. The number of aryl methyl sites for hydroxylation is 2. The van der Waals surface area contributed by atoms with Gasteiger partial charge in [0.25, 0.3) is 0 Å². The molecule has 40 heavy (non-hydrogen) atoms. The molecule has 0 bridgehead atoms. The van der Waals surface area contributed by atoms with Crippen molar-refractivity contribution in [3.8, 4) is 0 Å². The van der Waals surface area contributed by atoms with Gasteiger partial charge in [-0.2, -0.15) is 0 Å². The van der Waals surface area contributed by atoms with Crippen molar-refractivity contribution in [2.24, 2.45) is 5.73 Å². The Morgan fingerprint density at radius 2 is 1.73 bits per heavy atom. The zero-order valence-corrected chi connectivity index (χ0v) is 24.9. The SMILES string of the molecule is CCCCCN(C(=O)C(CC(N)=O)NC(=O)OC(C)(C)C)C(C(=O)NCCC(=O)OCC)c1cc(C)ccc1C. The van der Waals surface area contributed by atoms with Gasteiger partial charge in [0.05, 0.1) is 19.4 Å². The molecule has 0 aliphatic carbocycles. The van der Waals surface area contributed by atoms with Crippen LogP contribution in [0, 0.1) is 13.8 Å². The molecule has 11 nitrogen and oxygen atoms in total. The van der Waals surface area contributed by atoms with Crippen LogP contribution in [0.2, 0.25) is 0 Å². The fourth-order valence-electron chi connectivity index (χ4n) is 4.07. The van der Waals surface area contributed by atoms with Gasteiger partial charge in [0, 0.05) is 13.1 Å². The summed E-state index contributed by atoms with van der Waals surface area (Å²) < 4.78 is 10.2. The first-order valence-corrected chi connectivity index (χ1v) is 13.8. The van der Waals surface area contributed by atoms with E-state index in [4.69, 9.17) is 15.2 Å². The highest BCUT2D eigenvalue weighted by Crippen LogP contribution is 2.27. The van der Waals surface area contributed by atoms with E-state index in [0.29, 0.717) is 12.0 Å². The highest BCUT2D eigenvalue weighted by atomic mass is 16.6. The summed E-state index contributed by atoms with van der Waals surface area (Å²) in [5.74, 6) is -2.40. The van der Waals surface area contributed by atoms with Gasteiger partial charge in [-0.25, -0.2) is 4.79 Å². The molecule has 0 radical (unpaired) electrons. The number of rotatable bonds is 15. The minimum atomic E-state index is -1.35. The average Bonchev–Trinajstić information content (AvgIpc) is 2.83. The normalized spacial score (nSPS) is 12.6. The molecule has 0 aromatic heterocycles. The first-order valence-electron chi connectivity index (χ1n) is 13.8. The zero-order valence-electron chi connectivity index (χ0n) is 24.9. The van der Waals surface area contributed by atoms with Crippen molar-refractivity contribution < 1.29 is 33.4 Å². The van der Waals surface area contributed by atoms with E-state index in [9.17, 15) is 24.0 Å². The quantitative estimate of drug-likeness (QED) is 0.219. The van der Waals surface area contributed by atoms with Gasteiger partial charge in [-0.15, -0.1) is 0 Å². The minimum absolute atomic E-state index is 0.0108. The molecule has 2 atom stereocenters. The second-order valence-corrected chi connectivity index (χ2v) is 10.7. The number of hydrogen-bond donors (Lipinski definition) is 3. The average molecular weight is 563 g/mol. The summed E-state index contributed by atoms with van der Waals surface area (Å²) in [4.78, 5) is 65.5. The van der Waals surface area contributed by atoms with E-state index in [1.54, 1.807) is 27.7 Å². The maximum absolute atomic E-state index is 14.1. The molecule has 2 unspecified atom stereocenters. The molecule has 11 heteroatoms. The Balaban J connectivity index is 3.52. The number of alkyl carbamates (subject to hydrolysis) is 1. The Bertz CT molecular complexity index is 1040. The number of nitrogens with two attached hydrogens (primary N) is 1. The van der Waals surface area contributed by atoms with E-state index in [1.165, 1.54) is 4.90 Å². The second kappa shape index (κ2) is 16.5. The number of carbonyl (C=O) groups excluding carboxylic acids is 5. The lowest BCUT2D eigenvalue weighted by Gasteiger charge is -2.35. The number of carbonyl (C=O) groups is 5. The van der Waals surface area contributed by atoms with E-state index in [-0.39, 0.29) is 26.1 Å². The molecule has 224 valence electrons. The van der Waals surface area contributed by atoms with Crippen LogP contribution in [0.5, 0.6) is 0 Å². The molecule has 0 saturated carbocycles. The molecule has 4 N–H and O–H groups in total. The molecule has 1 aromatic carbocycles. The van der Waals surface area contributed by atoms with Gasteiger partial charge in [-0.05, 0) is 59.1 Å².